The Labute approximate surface area is 158 Å². The molecular weight excluding hydrogens is 342 g/mol. The molecule has 5 rings (SSSR count). The topological polar surface area (TPSA) is 52.7 Å². The predicted octanol–water partition coefficient (Wildman–Crippen LogP) is 3.63. The molecule has 1 atom stereocenters. The molecule has 6 nitrogen and oxygen atoms in total. The second-order valence-electron chi connectivity index (χ2n) is 7.50. The van der Waals surface area contributed by atoms with Crippen LogP contribution in [0.3, 0.4) is 0 Å². The van der Waals surface area contributed by atoms with Gasteiger partial charge < -0.3 is 18.6 Å². The first kappa shape index (κ1) is 16.8. The van der Waals surface area contributed by atoms with Crippen molar-refractivity contribution in [2.45, 2.75) is 38.0 Å². The highest BCUT2D eigenvalue weighted by molar-refractivity contribution is 5.86. The highest BCUT2D eigenvalue weighted by Gasteiger charge is 2.23. The van der Waals surface area contributed by atoms with Gasteiger partial charge in [0.15, 0.2) is 5.76 Å². The summed E-state index contributed by atoms with van der Waals surface area (Å²) in [5, 5.41) is 4.98. The molecule has 0 saturated carbocycles. The fraction of sp³-hybridized carbons (Fsp3) is 0.476. The normalized spacial score (nSPS) is 21.9. The molecule has 2 aromatic heterocycles. The molecule has 0 spiro atoms. The van der Waals surface area contributed by atoms with Crippen LogP contribution in [-0.2, 0) is 11.3 Å². The van der Waals surface area contributed by atoms with Gasteiger partial charge in [-0.05, 0) is 37.5 Å². The molecule has 142 valence electrons. The molecule has 2 aliphatic rings. The quantitative estimate of drug-likeness (QED) is 0.689. The summed E-state index contributed by atoms with van der Waals surface area (Å²) in [5.41, 5.74) is 1.24. The summed E-state index contributed by atoms with van der Waals surface area (Å²) in [5.74, 6) is 1.93. The standard InChI is InChI=1S/C21H25N3O3/c1-2-20-19(7-12-24(20)16-8-13-25-15-16)21(3-1)26-17-5-10-23(11-6-17)14-18-4-9-22-27-18/h1-4,7,9,12,16-17H,5-6,8,10-11,13-15H2. The first-order valence-electron chi connectivity index (χ1n) is 9.83. The van der Waals surface area contributed by atoms with E-state index in [9.17, 15) is 0 Å². The lowest BCUT2D eigenvalue weighted by atomic mass is 10.1. The van der Waals surface area contributed by atoms with Crippen molar-refractivity contribution in [1.82, 2.24) is 14.6 Å². The van der Waals surface area contributed by atoms with Crippen LogP contribution < -0.4 is 4.74 Å². The van der Waals surface area contributed by atoms with Crippen molar-refractivity contribution in [2.75, 3.05) is 26.3 Å². The third-order valence-electron chi connectivity index (χ3n) is 5.72. The lowest BCUT2D eigenvalue weighted by molar-refractivity contribution is 0.0926. The third-order valence-corrected chi connectivity index (χ3v) is 5.72. The van der Waals surface area contributed by atoms with E-state index in [0.717, 1.165) is 63.6 Å². The van der Waals surface area contributed by atoms with Gasteiger partial charge in [-0.25, -0.2) is 0 Å². The van der Waals surface area contributed by atoms with Gasteiger partial charge in [-0.1, -0.05) is 11.2 Å². The zero-order valence-corrected chi connectivity index (χ0v) is 15.4. The number of rotatable bonds is 5. The largest absolute Gasteiger partial charge is 0.490 e. The van der Waals surface area contributed by atoms with E-state index >= 15 is 0 Å². The molecule has 0 radical (unpaired) electrons. The van der Waals surface area contributed by atoms with E-state index in [-0.39, 0.29) is 6.10 Å². The summed E-state index contributed by atoms with van der Waals surface area (Å²) in [4.78, 5) is 2.40. The molecule has 4 heterocycles. The highest BCUT2D eigenvalue weighted by Crippen LogP contribution is 2.32. The van der Waals surface area contributed by atoms with Crippen LogP contribution in [0.1, 0.15) is 31.1 Å². The number of nitrogens with zero attached hydrogens (tertiary/aromatic N) is 3. The number of fused-ring (bicyclic) bond motifs is 1. The molecule has 2 fully saturated rings. The van der Waals surface area contributed by atoms with Gasteiger partial charge in [0.2, 0.25) is 0 Å². The van der Waals surface area contributed by atoms with Crippen LogP contribution in [0.4, 0.5) is 0 Å². The summed E-state index contributed by atoms with van der Waals surface area (Å²) < 4.78 is 19.5. The van der Waals surface area contributed by atoms with Gasteiger partial charge in [0.1, 0.15) is 11.9 Å². The maximum absolute atomic E-state index is 6.42. The summed E-state index contributed by atoms with van der Waals surface area (Å²) in [7, 11) is 0. The first-order chi connectivity index (χ1) is 13.4. The molecule has 6 heteroatoms. The Bertz CT molecular complexity index is 875. The number of hydrogen-bond acceptors (Lipinski definition) is 5. The Morgan fingerprint density at radius 2 is 2.04 bits per heavy atom. The van der Waals surface area contributed by atoms with Crippen LogP contribution in [0.15, 0.2) is 47.2 Å². The minimum Gasteiger partial charge on any atom is -0.490 e. The molecular formula is C21H25N3O3. The van der Waals surface area contributed by atoms with Gasteiger partial charge >= 0.3 is 0 Å². The van der Waals surface area contributed by atoms with Crippen molar-refractivity contribution in [2.24, 2.45) is 0 Å². The van der Waals surface area contributed by atoms with E-state index in [1.165, 1.54) is 10.9 Å². The van der Waals surface area contributed by atoms with E-state index in [1.807, 2.05) is 6.07 Å². The third kappa shape index (κ3) is 3.47. The maximum atomic E-state index is 6.42. The van der Waals surface area contributed by atoms with Crippen molar-refractivity contribution in [3.8, 4) is 5.75 Å². The SMILES string of the molecule is c1cc(OC2CCN(Cc3ccno3)CC2)c2ccn(C3CCOC3)c2c1. The summed E-state index contributed by atoms with van der Waals surface area (Å²) in [6, 6.07) is 10.9. The van der Waals surface area contributed by atoms with Crippen molar-refractivity contribution >= 4 is 10.9 Å². The van der Waals surface area contributed by atoms with E-state index < -0.39 is 0 Å². The van der Waals surface area contributed by atoms with Gasteiger partial charge in [0.05, 0.1) is 30.9 Å². The number of piperidine rings is 1. The van der Waals surface area contributed by atoms with Gasteiger partial charge in [0, 0.05) is 37.3 Å². The average molecular weight is 367 g/mol. The van der Waals surface area contributed by atoms with Crippen molar-refractivity contribution in [3.05, 3.63) is 48.5 Å². The maximum Gasteiger partial charge on any atom is 0.150 e. The van der Waals surface area contributed by atoms with Crippen LogP contribution in [0.25, 0.3) is 10.9 Å². The predicted molar refractivity (Wildman–Crippen MR) is 102 cm³/mol. The lowest BCUT2D eigenvalue weighted by Gasteiger charge is -2.31. The van der Waals surface area contributed by atoms with Gasteiger partial charge in [-0.3, -0.25) is 4.90 Å². The minimum atomic E-state index is 0.264. The summed E-state index contributed by atoms with van der Waals surface area (Å²) >= 11 is 0. The highest BCUT2D eigenvalue weighted by atomic mass is 16.5. The zero-order valence-electron chi connectivity index (χ0n) is 15.4. The van der Waals surface area contributed by atoms with Crippen LogP contribution in [0, 0.1) is 0 Å². The van der Waals surface area contributed by atoms with Gasteiger partial charge in [0.25, 0.3) is 0 Å². The number of benzene rings is 1. The minimum absolute atomic E-state index is 0.264. The van der Waals surface area contributed by atoms with Crippen LogP contribution >= 0.6 is 0 Å². The number of likely N-dealkylation sites (tertiary alicyclic amines) is 1. The van der Waals surface area contributed by atoms with E-state index in [0.29, 0.717) is 6.04 Å². The fourth-order valence-corrected chi connectivity index (χ4v) is 4.23. The molecule has 0 N–H and O–H groups in total. The Balaban J connectivity index is 1.25. The van der Waals surface area contributed by atoms with Gasteiger partial charge in [-0.15, -0.1) is 0 Å². The Hall–Kier alpha value is -2.31. The molecule has 1 unspecified atom stereocenters. The van der Waals surface area contributed by atoms with Crippen LogP contribution in [-0.4, -0.2) is 47.0 Å². The molecule has 0 aliphatic carbocycles. The molecule has 2 saturated heterocycles. The van der Waals surface area contributed by atoms with Crippen LogP contribution in [0.5, 0.6) is 5.75 Å². The zero-order chi connectivity index (χ0) is 18.1. The molecule has 2 aliphatic heterocycles. The Morgan fingerprint density at radius 1 is 1.11 bits per heavy atom. The van der Waals surface area contributed by atoms with Crippen molar-refractivity contribution in [3.63, 3.8) is 0 Å². The second-order valence-corrected chi connectivity index (χ2v) is 7.50. The monoisotopic (exact) mass is 367 g/mol. The van der Waals surface area contributed by atoms with Crippen molar-refractivity contribution in [1.29, 1.82) is 0 Å². The summed E-state index contributed by atoms with van der Waals surface area (Å²) in [6.07, 6.45) is 7.29. The lowest BCUT2D eigenvalue weighted by Crippen LogP contribution is -2.37. The second kappa shape index (κ2) is 7.37. The van der Waals surface area contributed by atoms with Crippen molar-refractivity contribution < 1.29 is 14.0 Å². The molecule has 0 amide bonds. The molecule has 0 bridgehead atoms. The smallest absolute Gasteiger partial charge is 0.150 e. The van der Waals surface area contributed by atoms with Gasteiger partial charge in [-0.2, -0.15) is 0 Å². The Morgan fingerprint density at radius 3 is 2.81 bits per heavy atom. The first-order valence-corrected chi connectivity index (χ1v) is 9.83. The number of hydrogen-bond donors (Lipinski definition) is 0. The van der Waals surface area contributed by atoms with Crippen LogP contribution in [0.2, 0.25) is 0 Å². The van der Waals surface area contributed by atoms with E-state index in [4.69, 9.17) is 14.0 Å². The average Bonchev–Trinajstić information content (AvgIpc) is 3.45. The fourth-order valence-electron chi connectivity index (χ4n) is 4.23. The summed E-state index contributed by atoms with van der Waals surface area (Å²) in [6.45, 7) is 4.52. The van der Waals surface area contributed by atoms with E-state index in [1.54, 1.807) is 6.20 Å². The molecule has 1 aromatic carbocycles. The molecule has 3 aromatic rings. The Kier molecular flexibility index (Phi) is 4.59. The number of aromatic nitrogens is 2. The van der Waals surface area contributed by atoms with E-state index in [2.05, 4.69) is 45.1 Å². The number of ether oxygens (including phenoxy) is 2. The molecule has 27 heavy (non-hydrogen) atoms.